The second-order valence-corrected chi connectivity index (χ2v) is 4.70. The van der Waals surface area contributed by atoms with Gasteiger partial charge in [0.2, 0.25) is 15.9 Å². The summed E-state index contributed by atoms with van der Waals surface area (Å²) in [6.07, 6.45) is 0. The van der Waals surface area contributed by atoms with Crippen LogP contribution < -0.4 is 10.5 Å². The van der Waals surface area contributed by atoms with E-state index in [9.17, 15) is 26.4 Å². The highest BCUT2D eigenvalue weighted by Crippen LogP contribution is 2.19. The Morgan fingerprint density at radius 1 is 1.24 bits per heavy atom. The Morgan fingerprint density at radius 2 is 1.82 bits per heavy atom. The van der Waals surface area contributed by atoms with E-state index < -0.39 is 44.8 Å². The zero-order chi connectivity index (χ0) is 13.2. The summed E-state index contributed by atoms with van der Waals surface area (Å²) in [5.41, 5.74) is 4.68. The van der Waals surface area contributed by atoms with Gasteiger partial charge in [0.15, 0.2) is 17.5 Å². The fourth-order valence-electron chi connectivity index (χ4n) is 0.960. The molecule has 0 saturated heterocycles. The summed E-state index contributed by atoms with van der Waals surface area (Å²) in [6.45, 7) is -0.777. The first-order chi connectivity index (χ1) is 7.75. The van der Waals surface area contributed by atoms with Crippen molar-refractivity contribution in [1.82, 2.24) is 4.72 Å². The van der Waals surface area contributed by atoms with Gasteiger partial charge in [0.25, 0.3) is 0 Å². The summed E-state index contributed by atoms with van der Waals surface area (Å²) < 4.78 is 62.9. The molecule has 3 N–H and O–H groups in total. The van der Waals surface area contributed by atoms with Crippen LogP contribution in [0.25, 0.3) is 0 Å². The van der Waals surface area contributed by atoms with Crippen molar-refractivity contribution < 1.29 is 26.4 Å². The Hall–Kier alpha value is -1.61. The topological polar surface area (TPSA) is 89.3 Å². The van der Waals surface area contributed by atoms with E-state index in [0.29, 0.717) is 12.1 Å². The number of nitrogens with one attached hydrogen (secondary N) is 1. The van der Waals surface area contributed by atoms with Crippen molar-refractivity contribution in [1.29, 1.82) is 0 Å². The maximum Gasteiger partial charge on any atom is 0.244 e. The molecule has 0 aliphatic heterocycles. The Labute approximate surface area is 94.5 Å². The van der Waals surface area contributed by atoms with E-state index in [1.54, 1.807) is 4.72 Å². The van der Waals surface area contributed by atoms with Crippen LogP contribution in [0.15, 0.2) is 17.0 Å². The lowest BCUT2D eigenvalue weighted by Gasteiger charge is -2.06. The van der Waals surface area contributed by atoms with Gasteiger partial charge in [-0.3, -0.25) is 4.79 Å². The molecule has 0 fully saturated rings. The van der Waals surface area contributed by atoms with Gasteiger partial charge in [-0.05, 0) is 12.1 Å². The molecule has 0 radical (unpaired) electrons. The fourth-order valence-corrected chi connectivity index (χ4v) is 2.02. The van der Waals surface area contributed by atoms with E-state index in [1.165, 1.54) is 0 Å². The smallest absolute Gasteiger partial charge is 0.244 e. The number of hydrogen-bond donors (Lipinski definition) is 2. The summed E-state index contributed by atoms with van der Waals surface area (Å²) in [6, 6.07) is 0.994. The Morgan fingerprint density at radius 3 is 2.35 bits per heavy atom. The molecule has 0 spiro atoms. The maximum absolute atomic E-state index is 13.1. The number of amides is 1. The van der Waals surface area contributed by atoms with E-state index in [1.807, 2.05) is 0 Å². The molecular formula is C8H7F3N2O3S. The van der Waals surface area contributed by atoms with Gasteiger partial charge in [0.05, 0.1) is 6.54 Å². The molecule has 0 aliphatic carbocycles. The molecule has 0 unspecified atom stereocenters. The number of halogens is 3. The number of sulfonamides is 1. The number of carbonyl (C=O) groups excluding carboxylic acids is 1. The fraction of sp³-hybridized carbons (Fsp3) is 0.125. The number of hydrogen-bond acceptors (Lipinski definition) is 3. The van der Waals surface area contributed by atoms with Crippen molar-refractivity contribution in [3.63, 3.8) is 0 Å². The van der Waals surface area contributed by atoms with Crippen LogP contribution in [0.2, 0.25) is 0 Å². The van der Waals surface area contributed by atoms with E-state index in [2.05, 4.69) is 5.73 Å². The molecule has 9 heteroatoms. The predicted octanol–water partition coefficient (Wildman–Crippen LogP) is -0.133. The third-order valence-electron chi connectivity index (χ3n) is 1.73. The molecule has 1 rings (SSSR count). The van der Waals surface area contributed by atoms with Crippen LogP contribution in [-0.2, 0) is 14.8 Å². The average molecular weight is 268 g/mol. The lowest BCUT2D eigenvalue weighted by Crippen LogP contribution is -2.33. The second kappa shape index (κ2) is 4.72. The summed E-state index contributed by atoms with van der Waals surface area (Å²) in [7, 11) is -4.46. The number of rotatable bonds is 4. The van der Waals surface area contributed by atoms with Crippen molar-refractivity contribution >= 4 is 15.9 Å². The molecule has 0 aromatic heterocycles. The first-order valence-electron chi connectivity index (χ1n) is 4.17. The van der Waals surface area contributed by atoms with Crippen LogP contribution in [0.4, 0.5) is 13.2 Å². The molecule has 1 amide bonds. The lowest BCUT2D eigenvalue weighted by atomic mass is 10.3. The Kier molecular flexibility index (Phi) is 3.73. The van der Waals surface area contributed by atoms with Crippen molar-refractivity contribution in [3.8, 4) is 0 Å². The molecule has 1 aromatic carbocycles. The maximum atomic E-state index is 13.1. The summed E-state index contributed by atoms with van der Waals surface area (Å²) in [5, 5.41) is 0. The van der Waals surface area contributed by atoms with Crippen LogP contribution in [-0.4, -0.2) is 20.9 Å². The predicted molar refractivity (Wildman–Crippen MR) is 50.7 cm³/mol. The third kappa shape index (κ3) is 2.94. The van der Waals surface area contributed by atoms with Gasteiger partial charge < -0.3 is 5.73 Å². The molecule has 17 heavy (non-hydrogen) atoms. The largest absolute Gasteiger partial charge is 0.369 e. The van der Waals surface area contributed by atoms with Crippen molar-refractivity contribution in [2.45, 2.75) is 4.90 Å². The molecule has 1 aromatic rings. The van der Waals surface area contributed by atoms with Gasteiger partial charge in [-0.25, -0.2) is 26.3 Å². The van der Waals surface area contributed by atoms with Crippen LogP contribution in [0.1, 0.15) is 0 Å². The van der Waals surface area contributed by atoms with Crippen LogP contribution in [0.5, 0.6) is 0 Å². The first kappa shape index (κ1) is 13.5. The SMILES string of the molecule is NC(=O)CNS(=O)(=O)c1ccc(F)c(F)c1F. The molecule has 94 valence electrons. The zero-order valence-corrected chi connectivity index (χ0v) is 9.02. The quantitative estimate of drug-likeness (QED) is 0.745. The second-order valence-electron chi connectivity index (χ2n) is 2.96. The van der Waals surface area contributed by atoms with Gasteiger partial charge >= 0.3 is 0 Å². The van der Waals surface area contributed by atoms with Gasteiger partial charge in [-0.15, -0.1) is 0 Å². The van der Waals surface area contributed by atoms with Crippen molar-refractivity contribution in [2.75, 3.05) is 6.54 Å². The normalized spacial score (nSPS) is 11.5. The van der Waals surface area contributed by atoms with E-state index in [0.717, 1.165) is 0 Å². The van der Waals surface area contributed by atoms with Gasteiger partial charge in [-0.2, -0.15) is 0 Å². The van der Waals surface area contributed by atoms with Crippen LogP contribution >= 0.6 is 0 Å². The van der Waals surface area contributed by atoms with Crippen LogP contribution in [0.3, 0.4) is 0 Å². The molecular weight excluding hydrogens is 261 g/mol. The number of primary amides is 1. The van der Waals surface area contributed by atoms with Crippen molar-refractivity contribution in [3.05, 3.63) is 29.6 Å². The highest BCUT2D eigenvalue weighted by atomic mass is 32.2. The molecule has 5 nitrogen and oxygen atoms in total. The first-order valence-corrected chi connectivity index (χ1v) is 5.65. The van der Waals surface area contributed by atoms with E-state index >= 15 is 0 Å². The lowest BCUT2D eigenvalue weighted by molar-refractivity contribution is -0.116. The van der Waals surface area contributed by atoms with Crippen molar-refractivity contribution in [2.24, 2.45) is 5.73 Å². The van der Waals surface area contributed by atoms with Gasteiger partial charge in [0, 0.05) is 0 Å². The minimum atomic E-state index is -4.46. The molecule has 0 atom stereocenters. The van der Waals surface area contributed by atoms with E-state index in [4.69, 9.17) is 0 Å². The van der Waals surface area contributed by atoms with Crippen LogP contribution in [0, 0.1) is 17.5 Å². The number of benzene rings is 1. The third-order valence-corrected chi connectivity index (χ3v) is 3.14. The van der Waals surface area contributed by atoms with E-state index in [-0.39, 0.29) is 0 Å². The summed E-state index contributed by atoms with van der Waals surface area (Å²) in [4.78, 5) is 9.25. The highest BCUT2D eigenvalue weighted by molar-refractivity contribution is 7.89. The average Bonchev–Trinajstić information content (AvgIpc) is 2.23. The highest BCUT2D eigenvalue weighted by Gasteiger charge is 2.23. The Bertz CT molecular complexity index is 559. The number of carbonyl (C=O) groups is 1. The molecule has 0 saturated carbocycles. The minimum Gasteiger partial charge on any atom is -0.369 e. The zero-order valence-electron chi connectivity index (χ0n) is 8.21. The number of nitrogens with two attached hydrogens (primary N) is 1. The molecule has 0 heterocycles. The summed E-state index contributed by atoms with van der Waals surface area (Å²) >= 11 is 0. The molecule has 0 aliphatic rings. The minimum absolute atomic E-state index is 0.456. The molecule has 0 bridgehead atoms. The standard InChI is InChI=1S/C8H7F3N2O3S/c9-4-1-2-5(8(11)7(4)10)17(15,16)13-3-6(12)14/h1-2,13H,3H2,(H2,12,14). The van der Waals surface area contributed by atoms with Gasteiger partial charge in [0.1, 0.15) is 4.90 Å². The summed E-state index contributed by atoms with van der Waals surface area (Å²) in [5.74, 6) is -6.29. The van der Waals surface area contributed by atoms with Gasteiger partial charge in [-0.1, -0.05) is 0 Å². The monoisotopic (exact) mass is 268 g/mol. The Balaban J connectivity index is 3.16.